The second-order valence-electron chi connectivity index (χ2n) is 5.90. The van der Waals surface area contributed by atoms with Gasteiger partial charge < -0.3 is 5.48 Å². The van der Waals surface area contributed by atoms with Crippen LogP contribution < -0.4 is 0 Å². The molecule has 0 amide bonds. The van der Waals surface area contributed by atoms with Gasteiger partial charge in [-0.25, -0.2) is 8.42 Å². The smallest absolute Gasteiger partial charge is 0.185 e. The summed E-state index contributed by atoms with van der Waals surface area (Å²) in [6.07, 6.45) is 6.90. The van der Waals surface area contributed by atoms with Crippen LogP contribution >= 0.6 is 0 Å². The normalized spacial score (nSPS) is 13.7. The molecular weight excluding hydrogens is 358 g/mol. The fraction of sp³-hybridized carbons (Fsp3) is 0.389. The molecule has 5 nitrogen and oxygen atoms in total. The number of pyridine rings is 1. The van der Waals surface area contributed by atoms with Crippen molar-refractivity contribution in [2.24, 2.45) is 0 Å². The number of aromatic nitrogens is 1. The Bertz CT molecular complexity index is 774. The Morgan fingerprint density at radius 3 is 2.20 bits per heavy atom. The molecule has 0 fully saturated rings. The van der Waals surface area contributed by atoms with Gasteiger partial charge in [0.2, 0.25) is 0 Å². The summed E-state index contributed by atoms with van der Waals surface area (Å²) in [6.45, 7) is 1.93. The SMILES string of the molecule is Cc1ccc(S(=O)(=O)C(CCCCS(C)=O)c2ccncc2)cc1.O. The van der Waals surface area contributed by atoms with Crippen LogP contribution in [0.1, 0.15) is 35.6 Å². The Kier molecular flexibility index (Phi) is 8.41. The molecule has 7 heteroatoms. The first kappa shape index (κ1) is 21.5. The van der Waals surface area contributed by atoms with Crippen molar-refractivity contribution in [3.8, 4) is 0 Å². The van der Waals surface area contributed by atoms with E-state index in [-0.39, 0.29) is 5.48 Å². The van der Waals surface area contributed by atoms with Crippen LogP contribution in [0.15, 0.2) is 53.7 Å². The number of unbranched alkanes of at least 4 members (excludes halogenated alkanes) is 1. The monoisotopic (exact) mass is 383 g/mol. The van der Waals surface area contributed by atoms with Crippen molar-refractivity contribution in [2.75, 3.05) is 12.0 Å². The summed E-state index contributed by atoms with van der Waals surface area (Å²) in [5.74, 6) is 0.605. The maximum atomic E-state index is 13.1. The fourth-order valence-corrected chi connectivity index (χ4v) is 5.05. The fourth-order valence-electron chi connectivity index (χ4n) is 2.61. The molecule has 0 radical (unpaired) electrons. The second kappa shape index (κ2) is 9.79. The highest BCUT2D eigenvalue weighted by Gasteiger charge is 2.28. The van der Waals surface area contributed by atoms with E-state index in [1.165, 1.54) is 0 Å². The maximum absolute atomic E-state index is 13.1. The molecule has 138 valence electrons. The van der Waals surface area contributed by atoms with E-state index in [9.17, 15) is 12.6 Å². The van der Waals surface area contributed by atoms with Crippen LogP contribution in [0.2, 0.25) is 0 Å². The van der Waals surface area contributed by atoms with Crippen LogP contribution in [-0.2, 0) is 20.6 Å². The highest BCUT2D eigenvalue weighted by Crippen LogP contribution is 2.33. The number of sulfone groups is 1. The summed E-state index contributed by atoms with van der Waals surface area (Å²) in [6, 6.07) is 10.5. The lowest BCUT2D eigenvalue weighted by molar-refractivity contribution is 0.568. The zero-order valence-corrected chi connectivity index (χ0v) is 16.1. The van der Waals surface area contributed by atoms with Gasteiger partial charge in [-0.05, 0) is 49.6 Å². The molecule has 0 saturated carbocycles. The van der Waals surface area contributed by atoms with Gasteiger partial charge in [-0.3, -0.25) is 9.19 Å². The third-order valence-corrected chi connectivity index (χ3v) is 7.00. The molecule has 0 aliphatic rings. The summed E-state index contributed by atoms with van der Waals surface area (Å²) >= 11 is 0. The van der Waals surface area contributed by atoms with Crippen LogP contribution in [0.25, 0.3) is 0 Å². The van der Waals surface area contributed by atoms with Gasteiger partial charge in [-0.1, -0.05) is 24.1 Å². The summed E-state index contributed by atoms with van der Waals surface area (Å²) < 4.78 is 37.4. The number of benzene rings is 1. The topological polar surface area (TPSA) is 95.6 Å². The average molecular weight is 384 g/mol. The van der Waals surface area contributed by atoms with Crippen molar-refractivity contribution < 1.29 is 18.1 Å². The first-order valence-corrected chi connectivity index (χ1v) is 11.2. The molecule has 2 unspecified atom stereocenters. The highest BCUT2D eigenvalue weighted by atomic mass is 32.2. The first-order valence-electron chi connectivity index (χ1n) is 7.92. The third kappa shape index (κ3) is 6.02. The van der Waals surface area contributed by atoms with Gasteiger partial charge in [-0.2, -0.15) is 0 Å². The summed E-state index contributed by atoms with van der Waals surface area (Å²) in [5, 5.41) is -0.603. The van der Waals surface area contributed by atoms with Crippen molar-refractivity contribution >= 4 is 20.6 Å². The van der Waals surface area contributed by atoms with Gasteiger partial charge in [0.05, 0.1) is 10.1 Å². The van der Waals surface area contributed by atoms with Gasteiger partial charge in [0.25, 0.3) is 0 Å². The lowest BCUT2D eigenvalue weighted by atomic mass is 10.1. The largest absolute Gasteiger partial charge is 0.412 e. The standard InChI is InChI=1S/C18H23NO3S2.H2O/c1-15-6-8-17(9-7-15)24(21,22)18(5-3-4-14-23(2)20)16-10-12-19-13-11-16;/h6-13,18H,3-5,14H2,1-2H3;1H2. The Balaban J connectivity index is 0.00000312. The number of hydrogen-bond acceptors (Lipinski definition) is 4. The Hall–Kier alpha value is -1.57. The average Bonchev–Trinajstić information content (AvgIpc) is 2.55. The van der Waals surface area contributed by atoms with E-state index < -0.39 is 25.9 Å². The molecule has 2 aromatic rings. The molecule has 2 rings (SSSR count). The molecule has 25 heavy (non-hydrogen) atoms. The number of aryl methyl sites for hydroxylation is 1. The summed E-state index contributed by atoms with van der Waals surface area (Å²) in [4.78, 5) is 4.32. The quantitative estimate of drug-likeness (QED) is 0.655. The Morgan fingerprint density at radius 2 is 1.64 bits per heavy atom. The third-order valence-electron chi connectivity index (χ3n) is 3.95. The van der Waals surface area contributed by atoms with Crippen LogP contribution in [0.4, 0.5) is 0 Å². The minimum absolute atomic E-state index is 0. The van der Waals surface area contributed by atoms with Crippen molar-refractivity contribution in [1.82, 2.24) is 4.98 Å². The molecule has 0 spiro atoms. The van der Waals surface area contributed by atoms with Crippen LogP contribution in [-0.4, -0.2) is 35.1 Å². The van der Waals surface area contributed by atoms with Crippen molar-refractivity contribution in [3.05, 3.63) is 59.9 Å². The van der Waals surface area contributed by atoms with E-state index in [1.54, 1.807) is 42.9 Å². The summed E-state index contributed by atoms with van der Waals surface area (Å²) in [7, 11) is -4.32. The number of rotatable bonds is 8. The minimum Gasteiger partial charge on any atom is -0.412 e. The van der Waals surface area contributed by atoms with Gasteiger partial charge in [-0.15, -0.1) is 0 Å². The lowest BCUT2D eigenvalue weighted by Gasteiger charge is -2.18. The van der Waals surface area contributed by atoms with Gasteiger partial charge in [0.15, 0.2) is 9.84 Å². The van der Waals surface area contributed by atoms with Crippen molar-refractivity contribution in [1.29, 1.82) is 0 Å². The van der Waals surface area contributed by atoms with E-state index in [4.69, 9.17) is 0 Å². The van der Waals surface area contributed by atoms with Gasteiger partial charge >= 0.3 is 0 Å². The summed E-state index contributed by atoms with van der Waals surface area (Å²) in [5.41, 5.74) is 1.78. The molecular formula is C18H25NO4S2. The molecule has 1 heterocycles. The van der Waals surface area contributed by atoms with Crippen LogP contribution in [0.5, 0.6) is 0 Å². The lowest BCUT2D eigenvalue weighted by Crippen LogP contribution is -2.14. The zero-order chi connectivity index (χ0) is 17.6. The van der Waals surface area contributed by atoms with E-state index in [2.05, 4.69) is 4.98 Å². The minimum atomic E-state index is -3.48. The molecule has 1 aromatic carbocycles. The molecule has 0 saturated heterocycles. The predicted molar refractivity (Wildman–Crippen MR) is 102 cm³/mol. The number of nitrogens with zero attached hydrogens (tertiary/aromatic N) is 1. The molecule has 0 aliphatic heterocycles. The molecule has 1 aromatic heterocycles. The van der Waals surface area contributed by atoms with Crippen LogP contribution in [0, 0.1) is 6.92 Å². The molecule has 0 aliphatic carbocycles. The predicted octanol–water partition coefficient (Wildman–Crippen LogP) is 2.63. The Labute approximate surface area is 152 Å². The molecule has 2 N–H and O–H groups in total. The molecule has 2 atom stereocenters. The van der Waals surface area contributed by atoms with E-state index in [0.717, 1.165) is 24.0 Å². The van der Waals surface area contributed by atoms with Crippen molar-refractivity contribution in [2.45, 2.75) is 36.3 Å². The maximum Gasteiger partial charge on any atom is 0.185 e. The van der Waals surface area contributed by atoms with E-state index in [1.807, 2.05) is 19.1 Å². The molecule has 0 bridgehead atoms. The number of hydrogen-bond donors (Lipinski definition) is 0. The zero-order valence-electron chi connectivity index (χ0n) is 14.5. The van der Waals surface area contributed by atoms with Crippen molar-refractivity contribution in [3.63, 3.8) is 0 Å². The van der Waals surface area contributed by atoms with Gasteiger partial charge in [0, 0.05) is 35.2 Å². The highest BCUT2D eigenvalue weighted by molar-refractivity contribution is 7.91. The second-order valence-corrected chi connectivity index (χ2v) is 9.59. The van der Waals surface area contributed by atoms with E-state index >= 15 is 0 Å². The van der Waals surface area contributed by atoms with E-state index in [0.29, 0.717) is 17.1 Å². The Morgan fingerprint density at radius 1 is 1.04 bits per heavy atom. The van der Waals surface area contributed by atoms with Gasteiger partial charge in [0.1, 0.15) is 0 Å². The van der Waals surface area contributed by atoms with Crippen LogP contribution in [0.3, 0.4) is 0 Å². The first-order chi connectivity index (χ1) is 11.4.